The number of alkyl halides is 2. The molecule has 0 fully saturated rings. The van der Waals surface area contributed by atoms with Crippen LogP contribution in [-0.2, 0) is 10.7 Å². The van der Waals surface area contributed by atoms with E-state index in [0.717, 1.165) is 12.1 Å². The normalized spacial score (nSPS) is 15.1. The number of fused-ring (bicyclic) bond motifs is 1. The van der Waals surface area contributed by atoms with E-state index >= 15 is 0 Å². The smallest absolute Gasteiger partial charge is 0.295 e. The SMILES string of the molecule is O=C1COc2ccc(C(F)(F)CO)cc2N1. The first-order valence-electron chi connectivity index (χ1n) is 4.59. The van der Waals surface area contributed by atoms with Gasteiger partial charge in [-0.25, -0.2) is 0 Å². The van der Waals surface area contributed by atoms with E-state index in [0.29, 0.717) is 5.75 Å². The molecule has 2 rings (SSSR count). The van der Waals surface area contributed by atoms with Gasteiger partial charge >= 0.3 is 0 Å². The third-order valence-electron chi connectivity index (χ3n) is 2.23. The number of benzene rings is 1. The van der Waals surface area contributed by atoms with E-state index in [4.69, 9.17) is 9.84 Å². The molecule has 2 N–H and O–H groups in total. The van der Waals surface area contributed by atoms with Gasteiger partial charge in [-0.3, -0.25) is 4.79 Å². The monoisotopic (exact) mass is 229 g/mol. The molecule has 86 valence electrons. The van der Waals surface area contributed by atoms with Crippen molar-refractivity contribution < 1.29 is 23.4 Å². The number of carbonyl (C=O) groups is 1. The fraction of sp³-hybridized carbons (Fsp3) is 0.300. The maximum absolute atomic E-state index is 13.1. The number of amides is 1. The molecule has 0 radical (unpaired) electrons. The van der Waals surface area contributed by atoms with E-state index in [1.807, 2.05) is 0 Å². The number of anilines is 1. The molecule has 0 bridgehead atoms. The first-order chi connectivity index (χ1) is 7.53. The van der Waals surface area contributed by atoms with Crippen LogP contribution in [0, 0.1) is 0 Å². The van der Waals surface area contributed by atoms with Crippen molar-refractivity contribution in [3.05, 3.63) is 23.8 Å². The Morgan fingerprint density at radius 3 is 2.94 bits per heavy atom. The molecule has 0 saturated heterocycles. The number of aliphatic hydroxyl groups excluding tert-OH is 1. The van der Waals surface area contributed by atoms with Crippen molar-refractivity contribution in [1.29, 1.82) is 0 Å². The Morgan fingerprint density at radius 1 is 1.50 bits per heavy atom. The minimum Gasteiger partial charge on any atom is -0.482 e. The Labute approximate surface area is 89.8 Å². The second-order valence-electron chi connectivity index (χ2n) is 3.41. The van der Waals surface area contributed by atoms with Gasteiger partial charge in [0.1, 0.15) is 12.4 Å². The third kappa shape index (κ3) is 1.83. The van der Waals surface area contributed by atoms with Crippen molar-refractivity contribution in [1.82, 2.24) is 0 Å². The third-order valence-corrected chi connectivity index (χ3v) is 2.23. The van der Waals surface area contributed by atoms with E-state index in [9.17, 15) is 13.6 Å². The lowest BCUT2D eigenvalue weighted by Crippen LogP contribution is -2.26. The summed E-state index contributed by atoms with van der Waals surface area (Å²) < 4.78 is 31.3. The summed E-state index contributed by atoms with van der Waals surface area (Å²) in [6, 6.07) is 3.60. The van der Waals surface area contributed by atoms with Crippen LogP contribution in [0.4, 0.5) is 14.5 Å². The van der Waals surface area contributed by atoms with Crippen molar-refractivity contribution in [3.8, 4) is 5.75 Å². The van der Waals surface area contributed by atoms with Crippen LogP contribution in [-0.4, -0.2) is 24.2 Å². The van der Waals surface area contributed by atoms with Gasteiger partial charge in [0.05, 0.1) is 5.69 Å². The molecule has 0 saturated carbocycles. The molecule has 0 unspecified atom stereocenters. The summed E-state index contributed by atoms with van der Waals surface area (Å²) in [5, 5.41) is 11.0. The van der Waals surface area contributed by atoms with Gasteiger partial charge in [0.15, 0.2) is 6.61 Å². The first-order valence-corrected chi connectivity index (χ1v) is 4.59. The van der Waals surface area contributed by atoms with E-state index in [-0.39, 0.29) is 17.9 Å². The molecule has 1 aromatic rings. The highest BCUT2D eigenvalue weighted by Gasteiger charge is 2.31. The van der Waals surface area contributed by atoms with Crippen molar-refractivity contribution in [3.63, 3.8) is 0 Å². The highest BCUT2D eigenvalue weighted by molar-refractivity contribution is 5.95. The van der Waals surface area contributed by atoms with E-state index in [1.165, 1.54) is 6.07 Å². The number of halogens is 2. The Morgan fingerprint density at radius 2 is 2.25 bits per heavy atom. The van der Waals surface area contributed by atoms with Crippen LogP contribution in [0.1, 0.15) is 5.56 Å². The maximum atomic E-state index is 13.1. The Hall–Kier alpha value is -1.69. The second kappa shape index (κ2) is 3.71. The average Bonchev–Trinajstić information content (AvgIpc) is 2.28. The molecule has 1 aliphatic rings. The highest BCUT2D eigenvalue weighted by atomic mass is 19.3. The van der Waals surface area contributed by atoms with Gasteiger partial charge in [0, 0.05) is 5.56 Å². The number of rotatable bonds is 2. The summed E-state index contributed by atoms with van der Waals surface area (Å²) in [6.45, 7) is -1.40. The van der Waals surface area contributed by atoms with Gasteiger partial charge in [-0.2, -0.15) is 8.78 Å². The molecule has 1 amide bonds. The largest absolute Gasteiger partial charge is 0.482 e. The summed E-state index contributed by atoms with van der Waals surface area (Å²) in [7, 11) is 0. The number of aliphatic hydroxyl groups is 1. The van der Waals surface area contributed by atoms with Crippen LogP contribution in [0.3, 0.4) is 0 Å². The Kier molecular flexibility index (Phi) is 2.51. The van der Waals surface area contributed by atoms with Crippen LogP contribution in [0.5, 0.6) is 5.75 Å². The first kappa shape index (κ1) is 10.8. The van der Waals surface area contributed by atoms with Gasteiger partial charge in [-0.1, -0.05) is 0 Å². The van der Waals surface area contributed by atoms with Crippen LogP contribution < -0.4 is 10.1 Å². The molecule has 0 aromatic heterocycles. The van der Waals surface area contributed by atoms with Crippen molar-refractivity contribution >= 4 is 11.6 Å². The summed E-state index contributed by atoms with van der Waals surface area (Å²) in [5.74, 6) is -3.37. The molecule has 0 atom stereocenters. The van der Waals surface area contributed by atoms with Crippen molar-refractivity contribution in [2.24, 2.45) is 0 Å². The van der Waals surface area contributed by atoms with Crippen LogP contribution in [0.25, 0.3) is 0 Å². The molecular formula is C10H9F2NO3. The topological polar surface area (TPSA) is 58.6 Å². The molecule has 1 heterocycles. The standard InChI is InChI=1S/C10H9F2NO3/c11-10(12,5-14)6-1-2-8-7(3-6)13-9(15)4-16-8/h1-3,14H,4-5H2,(H,13,15). The summed E-state index contributed by atoms with van der Waals surface area (Å²) in [5.41, 5.74) is -0.165. The van der Waals surface area contributed by atoms with Gasteiger partial charge in [-0.05, 0) is 18.2 Å². The summed E-state index contributed by atoms with van der Waals surface area (Å²) in [6.07, 6.45) is 0. The lowest BCUT2D eigenvalue weighted by Gasteiger charge is -2.20. The van der Waals surface area contributed by atoms with Gasteiger partial charge in [-0.15, -0.1) is 0 Å². The molecule has 1 aliphatic heterocycles. The van der Waals surface area contributed by atoms with Gasteiger partial charge in [0.2, 0.25) is 0 Å². The van der Waals surface area contributed by atoms with Crippen LogP contribution >= 0.6 is 0 Å². The minimum atomic E-state index is -3.32. The predicted octanol–water partition coefficient (Wildman–Crippen LogP) is 1.10. The van der Waals surface area contributed by atoms with E-state index < -0.39 is 18.4 Å². The Balaban J connectivity index is 2.38. The fourth-order valence-corrected chi connectivity index (χ4v) is 1.40. The number of hydrogen-bond acceptors (Lipinski definition) is 3. The number of nitrogens with one attached hydrogen (secondary N) is 1. The quantitative estimate of drug-likeness (QED) is 0.798. The van der Waals surface area contributed by atoms with Crippen LogP contribution in [0.2, 0.25) is 0 Å². The maximum Gasteiger partial charge on any atom is 0.295 e. The average molecular weight is 229 g/mol. The highest BCUT2D eigenvalue weighted by Crippen LogP contribution is 2.34. The lowest BCUT2D eigenvalue weighted by atomic mass is 10.1. The number of hydrogen-bond donors (Lipinski definition) is 2. The Bertz CT molecular complexity index is 434. The fourth-order valence-electron chi connectivity index (χ4n) is 1.40. The minimum absolute atomic E-state index is 0.122. The molecule has 0 aliphatic carbocycles. The summed E-state index contributed by atoms with van der Waals surface area (Å²) >= 11 is 0. The lowest BCUT2D eigenvalue weighted by molar-refractivity contribution is -0.118. The number of ether oxygens (including phenoxy) is 1. The van der Waals surface area contributed by atoms with Crippen molar-refractivity contribution in [2.45, 2.75) is 5.92 Å². The zero-order chi connectivity index (χ0) is 11.8. The molecule has 0 spiro atoms. The molecule has 6 heteroatoms. The molecule has 16 heavy (non-hydrogen) atoms. The molecular weight excluding hydrogens is 220 g/mol. The predicted molar refractivity (Wildman–Crippen MR) is 51.5 cm³/mol. The molecule has 1 aromatic carbocycles. The van der Waals surface area contributed by atoms with Gasteiger partial charge in [0.25, 0.3) is 11.8 Å². The zero-order valence-corrected chi connectivity index (χ0v) is 8.17. The van der Waals surface area contributed by atoms with Crippen molar-refractivity contribution in [2.75, 3.05) is 18.5 Å². The van der Waals surface area contributed by atoms with E-state index in [2.05, 4.69) is 5.32 Å². The van der Waals surface area contributed by atoms with Gasteiger partial charge < -0.3 is 15.2 Å². The second-order valence-corrected chi connectivity index (χ2v) is 3.41. The summed E-state index contributed by atoms with van der Waals surface area (Å²) in [4.78, 5) is 11.0. The van der Waals surface area contributed by atoms with Crippen LogP contribution in [0.15, 0.2) is 18.2 Å². The van der Waals surface area contributed by atoms with E-state index in [1.54, 1.807) is 0 Å². The zero-order valence-electron chi connectivity index (χ0n) is 8.17. The number of carbonyl (C=O) groups excluding carboxylic acids is 1. The molecule has 4 nitrogen and oxygen atoms in total.